The molecule has 0 spiro atoms. The summed E-state index contributed by atoms with van der Waals surface area (Å²) in [6.07, 6.45) is 4.69. The fraction of sp³-hybridized carbons (Fsp3) is 0.467. The molecule has 6 bridgehead atoms. The molecule has 2 aliphatic heterocycles. The van der Waals surface area contributed by atoms with E-state index in [1.165, 1.54) is 16.3 Å². The third kappa shape index (κ3) is 8.15. The SMILES string of the molecule is CCO[C@@H]1c2nc(cs2)-c2ccc3c(c2)c(c(-c2cccnc2[C@H](C)OC)n3CC)CC(C)(C)COC(=O)[C@@H]2CCCN(N2)C(=O)[C@H]1NC(=O)[C@H]1C[C@H]1c1ccccn1. The van der Waals surface area contributed by atoms with E-state index >= 15 is 0 Å². The number of fused-ring (bicyclic) bond motifs is 6. The average Bonchev–Trinajstić information content (AvgIpc) is 3.82. The van der Waals surface area contributed by atoms with Crippen molar-refractivity contribution in [3.05, 3.63) is 88.3 Å². The number of hydrogen-bond acceptors (Lipinski definition) is 11. The highest BCUT2D eigenvalue weighted by Gasteiger charge is 2.48. The molecule has 6 heterocycles. The van der Waals surface area contributed by atoms with Gasteiger partial charge in [0.15, 0.2) is 0 Å². The smallest absolute Gasteiger partial charge is 0.324 e. The molecule has 1 aromatic carbocycles. The number of cyclic esters (lactones) is 1. The lowest BCUT2D eigenvalue weighted by atomic mass is 9.84. The van der Waals surface area contributed by atoms with Gasteiger partial charge in [-0.2, -0.15) is 0 Å². The van der Waals surface area contributed by atoms with Crippen LogP contribution >= 0.6 is 11.3 Å². The maximum absolute atomic E-state index is 14.7. The van der Waals surface area contributed by atoms with Crippen molar-refractivity contribution < 1.29 is 28.6 Å². The number of hydrazine groups is 1. The van der Waals surface area contributed by atoms with Gasteiger partial charge in [-0.3, -0.25) is 29.4 Å². The minimum atomic E-state index is -1.12. The number of aromatic nitrogens is 4. The minimum Gasteiger partial charge on any atom is -0.464 e. The molecule has 59 heavy (non-hydrogen) atoms. The molecule has 0 unspecified atom stereocenters. The normalized spacial score (nSPS) is 23.7. The molecule has 13 nitrogen and oxygen atoms in total. The van der Waals surface area contributed by atoms with E-state index in [0.29, 0.717) is 43.8 Å². The Morgan fingerprint density at radius 2 is 1.95 bits per heavy atom. The summed E-state index contributed by atoms with van der Waals surface area (Å²) >= 11 is 1.40. The molecule has 2 N–H and O–H groups in total. The summed E-state index contributed by atoms with van der Waals surface area (Å²) in [6.45, 7) is 11.7. The first-order valence-corrected chi connectivity index (χ1v) is 21.6. The predicted octanol–water partition coefficient (Wildman–Crippen LogP) is 6.94. The Labute approximate surface area is 348 Å². The van der Waals surface area contributed by atoms with E-state index in [2.05, 4.69) is 65.3 Å². The number of thiazole rings is 1. The van der Waals surface area contributed by atoms with Gasteiger partial charge >= 0.3 is 5.97 Å². The highest BCUT2D eigenvalue weighted by atomic mass is 32.1. The van der Waals surface area contributed by atoms with Crippen LogP contribution in [0.1, 0.15) is 94.0 Å². The average molecular weight is 820 g/mol. The second-order valence-electron chi connectivity index (χ2n) is 16.5. The first-order chi connectivity index (χ1) is 28.5. The van der Waals surface area contributed by atoms with Gasteiger partial charge in [0.1, 0.15) is 23.2 Å². The number of pyridine rings is 2. The molecule has 1 aliphatic carbocycles. The van der Waals surface area contributed by atoms with Crippen molar-refractivity contribution in [2.45, 2.75) is 97.1 Å². The Morgan fingerprint density at radius 3 is 2.71 bits per heavy atom. The lowest BCUT2D eigenvalue weighted by molar-refractivity contribution is -0.156. The monoisotopic (exact) mass is 819 g/mol. The van der Waals surface area contributed by atoms with Crippen LogP contribution in [0.25, 0.3) is 33.4 Å². The van der Waals surface area contributed by atoms with E-state index < -0.39 is 35.5 Å². The summed E-state index contributed by atoms with van der Waals surface area (Å²) in [4.78, 5) is 56.9. The van der Waals surface area contributed by atoms with Crippen molar-refractivity contribution in [1.29, 1.82) is 0 Å². The number of methoxy groups -OCH3 is 1. The van der Waals surface area contributed by atoms with Crippen LogP contribution in [-0.4, -0.2) is 81.3 Å². The van der Waals surface area contributed by atoms with Crippen molar-refractivity contribution in [2.75, 3.05) is 26.9 Å². The minimum absolute atomic E-state index is 0.0324. The van der Waals surface area contributed by atoms with Gasteiger partial charge in [-0.25, -0.2) is 10.4 Å². The molecule has 1 saturated carbocycles. The number of rotatable bonds is 9. The van der Waals surface area contributed by atoms with E-state index in [9.17, 15) is 14.4 Å². The highest BCUT2D eigenvalue weighted by Crippen LogP contribution is 2.47. The van der Waals surface area contributed by atoms with Crippen LogP contribution in [0.3, 0.4) is 0 Å². The summed E-state index contributed by atoms with van der Waals surface area (Å²) in [7, 11) is 1.69. The van der Waals surface area contributed by atoms with Gasteiger partial charge < -0.3 is 24.1 Å². The zero-order valence-corrected chi connectivity index (χ0v) is 35.4. The van der Waals surface area contributed by atoms with Crippen LogP contribution in [0.5, 0.6) is 0 Å². The quantitative estimate of drug-likeness (QED) is 0.150. The summed E-state index contributed by atoms with van der Waals surface area (Å²) in [5, 5.41) is 8.15. The van der Waals surface area contributed by atoms with E-state index in [4.69, 9.17) is 24.2 Å². The molecule has 0 radical (unpaired) electrons. The summed E-state index contributed by atoms with van der Waals surface area (Å²) < 4.78 is 20.6. The van der Waals surface area contributed by atoms with Gasteiger partial charge in [0, 0.05) is 89.6 Å². The van der Waals surface area contributed by atoms with Gasteiger partial charge in [0.25, 0.3) is 5.91 Å². The van der Waals surface area contributed by atoms with Crippen molar-refractivity contribution >= 4 is 40.0 Å². The van der Waals surface area contributed by atoms with Gasteiger partial charge in [-0.05, 0) is 88.4 Å². The zero-order chi connectivity index (χ0) is 41.4. The van der Waals surface area contributed by atoms with E-state index in [1.54, 1.807) is 19.5 Å². The van der Waals surface area contributed by atoms with Crippen LogP contribution in [0, 0.1) is 11.3 Å². The Kier molecular flexibility index (Phi) is 11.7. The lowest BCUT2D eigenvalue weighted by Gasteiger charge is -2.37. The Bertz CT molecular complexity index is 2340. The van der Waals surface area contributed by atoms with Gasteiger partial charge in [0.05, 0.1) is 29.8 Å². The number of benzene rings is 1. The maximum Gasteiger partial charge on any atom is 0.324 e. The molecule has 3 aliphatic rings. The molecular weight excluding hydrogens is 767 g/mol. The number of carbonyl (C=O) groups is 3. The fourth-order valence-electron chi connectivity index (χ4n) is 8.61. The van der Waals surface area contributed by atoms with Crippen LogP contribution in [0.4, 0.5) is 0 Å². The van der Waals surface area contributed by atoms with Crippen molar-refractivity contribution in [3.63, 3.8) is 0 Å². The van der Waals surface area contributed by atoms with Crippen molar-refractivity contribution in [3.8, 4) is 22.5 Å². The molecular formula is C45H53N7O6S. The number of hydrogen-bond donors (Lipinski definition) is 2. The van der Waals surface area contributed by atoms with Crippen LogP contribution < -0.4 is 10.7 Å². The molecule has 5 aromatic rings. The number of nitrogens with one attached hydrogen (secondary N) is 2. The molecule has 1 saturated heterocycles. The highest BCUT2D eigenvalue weighted by molar-refractivity contribution is 7.10. The van der Waals surface area contributed by atoms with Crippen LogP contribution in [0.15, 0.2) is 66.3 Å². The predicted molar refractivity (Wildman–Crippen MR) is 225 cm³/mol. The second kappa shape index (κ2) is 16.9. The molecule has 2 amide bonds. The van der Waals surface area contributed by atoms with Gasteiger partial charge in [-0.15, -0.1) is 11.3 Å². The molecule has 2 fully saturated rings. The number of esters is 1. The zero-order valence-electron chi connectivity index (χ0n) is 34.6. The van der Waals surface area contributed by atoms with E-state index in [0.717, 1.165) is 50.4 Å². The second-order valence-corrected chi connectivity index (χ2v) is 17.4. The first-order valence-electron chi connectivity index (χ1n) is 20.7. The number of aryl methyl sites for hydroxylation is 1. The first kappa shape index (κ1) is 40.7. The molecule has 8 rings (SSSR count). The topological polar surface area (TPSA) is 150 Å². The van der Waals surface area contributed by atoms with Crippen molar-refractivity contribution in [2.24, 2.45) is 11.3 Å². The van der Waals surface area contributed by atoms with Crippen LogP contribution in [0.2, 0.25) is 0 Å². The molecule has 14 heteroatoms. The van der Waals surface area contributed by atoms with Crippen LogP contribution in [-0.2, 0) is 41.6 Å². The molecule has 310 valence electrons. The van der Waals surface area contributed by atoms with Gasteiger partial charge in [0.2, 0.25) is 5.91 Å². The van der Waals surface area contributed by atoms with Crippen molar-refractivity contribution in [1.82, 2.24) is 35.3 Å². The molecule has 4 aromatic heterocycles. The Balaban J connectivity index is 1.24. The summed E-state index contributed by atoms with van der Waals surface area (Å²) in [5.41, 5.74) is 10.2. The fourth-order valence-corrected chi connectivity index (χ4v) is 9.52. The maximum atomic E-state index is 14.7. The number of carbonyl (C=O) groups excluding carboxylic acids is 3. The summed E-state index contributed by atoms with van der Waals surface area (Å²) in [5.74, 6) is -1.44. The molecule has 6 atom stereocenters. The number of ether oxygens (including phenoxy) is 3. The lowest BCUT2D eigenvalue weighted by Crippen LogP contribution is -2.61. The number of amides is 2. The Hall–Kier alpha value is -5.02. The number of nitrogens with zero attached hydrogens (tertiary/aromatic N) is 5. The van der Waals surface area contributed by atoms with E-state index in [-0.39, 0.29) is 37.1 Å². The largest absolute Gasteiger partial charge is 0.464 e. The summed E-state index contributed by atoms with van der Waals surface area (Å²) in [6, 6.07) is 14.3. The third-order valence-electron chi connectivity index (χ3n) is 11.8. The standard InChI is InChI=1S/C45H53N7O6S/c1-7-51-36-17-16-27-21-30(36)32(39(51)28-13-11-19-47-37(28)26(3)56-6)23-45(4,5)25-58-44(55)34-15-12-20-52(50-34)43(54)38(40(57-8-2)42-48-35(27)24-59-42)49-41(53)31-22-29(31)33-14-9-10-18-46-33/h9-11,13-14,16-19,21,24,26,29,31,34,38,40,50H,7-8,12,15,20,22-23,25H2,1-6H3,(H,49,53)/t26-,29+,31-,34-,38-,40-/m0/s1. The van der Waals surface area contributed by atoms with E-state index in [1.807, 2.05) is 43.5 Å². The Morgan fingerprint density at radius 1 is 1.12 bits per heavy atom. The van der Waals surface area contributed by atoms with Gasteiger partial charge in [-0.1, -0.05) is 26.0 Å². The third-order valence-corrected chi connectivity index (χ3v) is 12.7.